The summed E-state index contributed by atoms with van der Waals surface area (Å²) in [6.45, 7) is 3.24. The molecule has 1 aromatic rings. The maximum atomic E-state index is 12.0. The maximum Gasteiger partial charge on any atom is 0.315 e. The van der Waals surface area contributed by atoms with Crippen molar-refractivity contribution in [2.75, 3.05) is 13.1 Å². The van der Waals surface area contributed by atoms with E-state index in [-0.39, 0.29) is 24.3 Å². The summed E-state index contributed by atoms with van der Waals surface area (Å²) in [6, 6.07) is 7.13. The van der Waals surface area contributed by atoms with Crippen LogP contribution in [0.25, 0.3) is 0 Å². The van der Waals surface area contributed by atoms with Crippen LogP contribution >= 0.6 is 0 Å². The third kappa shape index (κ3) is 7.68. The van der Waals surface area contributed by atoms with Crippen LogP contribution in [-0.2, 0) is 11.3 Å². The van der Waals surface area contributed by atoms with Crippen molar-refractivity contribution in [2.45, 2.75) is 58.0 Å². The summed E-state index contributed by atoms with van der Waals surface area (Å²) in [6.07, 6.45) is 5.60. The fraction of sp³-hybridized carbons (Fsp3) is 0.550. The molecule has 148 valence electrons. The maximum absolute atomic E-state index is 12.0. The second-order valence-corrected chi connectivity index (χ2v) is 6.86. The van der Waals surface area contributed by atoms with Gasteiger partial charge in [-0.05, 0) is 37.0 Å². The van der Waals surface area contributed by atoms with Gasteiger partial charge in [-0.3, -0.25) is 9.59 Å². The Balaban J connectivity index is 1.66. The molecule has 27 heavy (non-hydrogen) atoms. The summed E-state index contributed by atoms with van der Waals surface area (Å²) >= 11 is 0. The van der Waals surface area contributed by atoms with E-state index in [1.807, 2.05) is 13.0 Å². The standard InChI is InChI=1S/C20H30N4O3/c1-2-11-21-19(26)16-7-5-6-15(13-16)14-23-20(27)22-12-10-18(25)24-17-8-3-4-9-17/h5-7,13,17H,2-4,8-12,14H2,1H3,(H,21,26)(H,24,25)(H2,22,23,27). The van der Waals surface area contributed by atoms with E-state index in [9.17, 15) is 14.4 Å². The molecule has 1 fully saturated rings. The van der Waals surface area contributed by atoms with Gasteiger partial charge in [0, 0.05) is 37.7 Å². The Labute approximate surface area is 160 Å². The first kappa shape index (κ1) is 20.7. The van der Waals surface area contributed by atoms with Gasteiger partial charge in [0.15, 0.2) is 0 Å². The van der Waals surface area contributed by atoms with E-state index >= 15 is 0 Å². The molecule has 0 unspecified atom stereocenters. The zero-order chi connectivity index (χ0) is 19.5. The first-order valence-electron chi connectivity index (χ1n) is 9.76. The van der Waals surface area contributed by atoms with Gasteiger partial charge in [0.2, 0.25) is 5.91 Å². The van der Waals surface area contributed by atoms with E-state index in [0.29, 0.717) is 31.2 Å². The quantitative estimate of drug-likeness (QED) is 0.532. The Morgan fingerprint density at radius 1 is 1.04 bits per heavy atom. The van der Waals surface area contributed by atoms with Crippen LogP contribution in [0.1, 0.15) is 61.4 Å². The van der Waals surface area contributed by atoms with Gasteiger partial charge in [0.25, 0.3) is 5.91 Å². The fourth-order valence-electron chi connectivity index (χ4n) is 3.07. The molecular weight excluding hydrogens is 344 g/mol. The Bertz CT molecular complexity index is 642. The normalized spacial score (nSPS) is 13.8. The highest BCUT2D eigenvalue weighted by Gasteiger charge is 2.16. The molecule has 1 saturated carbocycles. The van der Waals surface area contributed by atoms with Crippen LogP contribution in [0, 0.1) is 0 Å². The van der Waals surface area contributed by atoms with E-state index in [1.165, 1.54) is 12.8 Å². The minimum Gasteiger partial charge on any atom is -0.353 e. The Morgan fingerprint density at radius 2 is 1.81 bits per heavy atom. The average Bonchev–Trinajstić information content (AvgIpc) is 3.17. The van der Waals surface area contributed by atoms with Crippen LogP contribution in [0.5, 0.6) is 0 Å². The number of benzene rings is 1. The average molecular weight is 374 g/mol. The second kappa shape index (κ2) is 11.2. The zero-order valence-corrected chi connectivity index (χ0v) is 16.0. The van der Waals surface area contributed by atoms with Crippen LogP contribution in [0.4, 0.5) is 4.79 Å². The molecule has 0 bridgehead atoms. The molecule has 4 amide bonds. The lowest BCUT2D eigenvalue weighted by Gasteiger charge is -2.12. The number of amides is 4. The van der Waals surface area contributed by atoms with E-state index in [0.717, 1.165) is 24.8 Å². The molecule has 0 heterocycles. The van der Waals surface area contributed by atoms with Crippen molar-refractivity contribution in [1.82, 2.24) is 21.3 Å². The van der Waals surface area contributed by atoms with E-state index in [4.69, 9.17) is 0 Å². The molecule has 2 rings (SSSR count). The van der Waals surface area contributed by atoms with Gasteiger partial charge in [-0.2, -0.15) is 0 Å². The monoisotopic (exact) mass is 374 g/mol. The summed E-state index contributed by atoms with van der Waals surface area (Å²) in [5.41, 5.74) is 1.42. The first-order valence-corrected chi connectivity index (χ1v) is 9.76. The number of nitrogens with one attached hydrogen (secondary N) is 4. The third-order valence-corrected chi connectivity index (χ3v) is 4.54. The molecule has 0 aromatic heterocycles. The lowest BCUT2D eigenvalue weighted by molar-refractivity contribution is -0.121. The van der Waals surface area contributed by atoms with Crippen LogP contribution < -0.4 is 21.3 Å². The predicted molar refractivity (Wildman–Crippen MR) is 104 cm³/mol. The highest BCUT2D eigenvalue weighted by Crippen LogP contribution is 2.17. The number of carbonyl (C=O) groups excluding carboxylic acids is 3. The minimum absolute atomic E-state index is 0.0204. The van der Waals surface area contributed by atoms with Crippen molar-refractivity contribution in [3.63, 3.8) is 0 Å². The fourth-order valence-corrected chi connectivity index (χ4v) is 3.07. The summed E-state index contributed by atoms with van der Waals surface area (Å²) in [5.74, 6) is -0.135. The van der Waals surface area contributed by atoms with E-state index in [2.05, 4.69) is 21.3 Å². The topological polar surface area (TPSA) is 99.3 Å². The minimum atomic E-state index is -0.329. The van der Waals surface area contributed by atoms with E-state index in [1.54, 1.807) is 18.2 Å². The summed E-state index contributed by atoms with van der Waals surface area (Å²) in [5, 5.41) is 11.2. The molecule has 4 N–H and O–H groups in total. The van der Waals surface area contributed by atoms with Crippen LogP contribution in [-0.4, -0.2) is 37.0 Å². The summed E-state index contributed by atoms with van der Waals surface area (Å²) in [7, 11) is 0. The van der Waals surface area contributed by atoms with Crippen molar-refractivity contribution >= 4 is 17.8 Å². The molecule has 7 heteroatoms. The smallest absolute Gasteiger partial charge is 0.315 e. The molecule has 0 spiro atoms. The van der Waals surface area contributed by atoms with Crippen LogP contribution in [0.15, 0.2) is 24.3 Å². The van der Waals surface area contributed by atoms with Gasteiger partial charge in [-0.25, -0.2) is 4.79 Å². The molecule has 1 aromatic carbocycles. The lowest BCUT2D eigenvalue weighted by atomic mass is 10.1. The Morgan fingerprint density at radius 3 is 2.56 bits per heavy atom. The predicted octanol–water partition coefficient (Wildman–Crippen LogP) is 2.07. The third-order valence-electron chi connectivity index (χ3n) is 4.54. The molecule has 1 aliphatic rings. The van der Waals surface area contributed by atoms with Crippen molar-refractivity contribution in [2.24, 2.45) is 0 Å². The van der Waals surface area contributed by atoms with Gasteiger partial charge < -0.3 is 21.3 Å². The lowest BCUT2D eigenvalue weighted by Crippen LogP contribution is -2.39. The molecular formula is C20H30N4O3. The van der Waals surface area contributed by atoms with Gasteiger partial charge >= 0.3 is 6.03 Å². The molecule has 0 atom stereocenters. The molecule has 0 radical (unpaired) electrons. The number of carbonyl (C=O) groups is 3. The first-order chi connectivity index (χ1) is 13.1. The second-order valence-electron chi connectivity index (χ2n) is 6.86. The van der Waals surface area contributed by atoms with Crippen molar-refractivity contribution in [1.29, 1.82) is 0 Å². The number of hydrogen-bond donors (Lipinski definition) is 4. The molecule has 7 nitrogen and oxygen atoms in total. The highest BCUT2D eigenvalue weighted by atomic mass is 16.2. The van der Waals surface area contributed by atoms with Crippen molar-refractivity contribution < 1.29 is 14.4 Å². The van der Waals surface area contributed by atoms with Crippen LogP contribution in [0.3, 0.4) is 0 Å². The number of rotatable bonds is 9. The number of urea groups is 1. The zero-order valence-electron chi connectivity index (χ0n) is 16.0. The number of hydrogen-bond acceptors (Lipinski definition) is 3. The van der Waals surface area contributed by atoms with E-state index < -0.39 is 0 Å². The van der Waals surface area contributed by atoms with Gasteiger partial charge in [-0.1, -0.05) is 31.9 Å². The Hall–Kier alpha value is -2.57. The Kier molecular flexibility index (Phi) is 8.61. The highest BCUT2D eigenvalue weighted by molar-refractivity contribution is 5.94. The van der Waals surface area contributed by atoms with Crippen molar-refractivity contribution in [3.05, 3.63) is 35.4 Å². The molecule has 0 aliphatic heterocycles. The molecule has 0 saturated heterocycles. The van der Waals surface area contributed by atoms with Crippen molar-refractivity contribution in [3.8, 4) is 0 Å². The molecule has 1 aliphatic carbocycles. The van der Waals surface area contributed by atoms with Gasteiger partial charge in [0.1, 0.15) is 0 Å². The van der Waals surface area contributed by atoms with Gasteiger partial charge in [-0.15, -0.1) is 0 Å². The summed E-state index contributed by atoms with van der Waals surface area (Å²) < 4.78 is 0. The summed E-state index contributed by atoms with van der Waals surface area (Å²) in [4.78, 5) is 35.7. The van der Waals surface area contributed by atoms with Crippen LogP contribution in [0.2, 0.25) is 0 Å². The van der Waals surface area contributed by atoms with Gasteiger partial charge in [0.05, 0.1) is 0 Å². The SMILES string of the molecule is CCCNC(=O)c1cccc(CNC(=O)NCCC(=O)NC2CCCC2)c1. The largest absolute Gasteiger partial charge is 0.353 e.